The number of rotatable bonds is 4. The monoisotopic (exact) mass is 474 g/mol. The molecule has 3 aromatic carbocycles. The minimum Gasteiger partial charge on any atom is -0.445 e. The predicted octanol–water partition coefficient (Wildman–Crippen LogP) is 5.70. The number of benzene rings is 3. The van der Waals surface area contributed by atoms with Crippen molar-refractivity contribution in [1.82, 2.24) is 5.32 Å². The van der Waals surface area contributed by atoms with E-state index in [1.165, 1.54) is 0 Å². The molecule has 1 heterocycles. The third kappa shape index (κ3) is 5.03. The molecule has 3 aromatic rings. The van der Waals surface area contributed by atoms with E-state index in [1.807, 2.05) is 6.07 Å². The van der Waals surface area contributed by atoms with Crippen LogP contribution < -0.4 is 10.6 Å². The molecule has 4 rings (SSSR count). The first-order valence-corrected chi connectivity index (χ1v) is 10.9. The van der Waals surface area contributed by atoms with Gasteiger partial charge in [-0.25, -0.2) is 13.6 Å². The number of amides is 2. The summed E-state index contributed by atoms with van der Waals surface area (Å²) < 4.78 is 33.8. The molecular weight excluding hydrogens is 458 g/mol. The topological polar surface area (TPSA) is 67.4 Å². The van der Waals surface area contributed by atoms with Crippen LogP contribution in [-0.2, 0) is 16.1 Å². The van der Waals surface area contributed by atoms with Crippen LogP contribution in [0.15, 0.2) is 71.6 Å². The fraction of sp³-hybridized carbons (Fsp3) is 0.130. The molecule has 9 heteroatoms. The Kier molecular flexibility index (Phi) is 6.62. The number of carbonyl (C=O) groups is 2. The number of ether oxygens (including phenoxy) is 1. The summed E-state index contributed by atoms with van der Waals surface area (Å²) in [6.45, 7) is -0.0109. The van der Waals surface area contributed by atoms with Crippen LogP contribution in [0.1, 0.15) is 16.4 Å². The van der Waals surface area contributed by atoms with Crippen LogP contribution >= 0.6 is 23.4 Å². The number of alkyl carbamates (subject to hydrolysis) is 1. The van der Waals surface area contributed by atoms with Gasteiger partial charge in [-0.05, 0) is 42.0 Å². The first-order valence-electron chi connectivity index (χ1n) is 9.60. The third-order valence-electron chi connectivity index (χ3n) is 4.79. The van der Waals surface area contributed by atoms with Gasteiger partial charge in [-0.3, -0.25) is 4.79 Å². The Morgan fingerprint density at radius 3 is 2.66 bits per heavy atom. The lowest BCUT2D eigenvalue weighted by atomic mass is 10.0. The SMILES string of the molecule is O=C(N[C@@H]1C(=O)Nc2cc(Cl)ccc2S[C@@H]1c1cc(F)ccc1F)OCc1ccccc1. The quantitative estimate of drug-likeness (QED) is 0.509. The van der Waals surface area contributed by atoms with Gasteiger partial charge < -0.3 is 15.4 Å². The van der Waals surface area contributed by atoms with Gasteiger partial charge in [-0.2, -0.15) is 0 Å². The van der Waals surface area contributed by atoms with Gasteiger partial charge in [0.1, 0.15) is 24.3 Å². The van der Waals surface area contributed by atoms with Crippen molar-refractivity contribution >= 4 is 41.1 Å². The predicted molar refractivity (Wildman–Crippen MR) is 119 cm³/mol. The summed E-state index contributed by atoms with van der Waals surface area (Å²) in [5, 5.41) is 4.64. The molecule has 0 bridgehead atoms. The second-order valence-corrected chi connectivity index (χ2v) is 8.64. The van der Waals surface area contributed by atoms with Crippen molar-refractivity contribution in [1.29, 1.82) is 0 Å². The highest BCUT2D eigenvalue weighted by molar-refractivity contribution is 7.99. The second kappa shape index (κ2) is 9.58. The zero-order valence-corrected chi connectivity index (χ0v) is 18.1. The number of fused-ring (bicyclic) bond motifs is 1. The van der Waals surface area contributed by atoms with Crippen LogP contribution in [0.25, 0.3) is 0 Å². The summed E-state index contributed by atoms with van der Waals surface area (Å²) in [5.41, 5.74) is 1.12. The molecule has 2 amide bonds. The summed E-state index contributed by atoms with van der Waals surface area (Å²) in [6, 6.07) is 15.6. The number of hydrogen-bond acceptors (Lipinski definition) is 4. The van der Waals surface area contributed by atoms with Crippen LogP contribution in [0.3, 0.4) is 0 Å². The Morgan fingerprint density at radius 1 is 1.09 bits per heavy atom. The molecule has 0 aromatic heterocycles. The van der Waals surface area contributed by atoms with E-state index in [9.17, 15) is 18.4 Å². The van der Waals surface area contributed by atoms with Crippen LogP contribution in [0.2, 0.25) is 5.02 Å². The zero-order chi connectivity index (χ0) is 22.7. The first kappa shape index (κ1) is 22.1. The summed E-state index contributed by atoms with van der Waals surface area (Å²) in [6.07, 6.45) is -0.861. The fourth-order valence-electron chi connectivity index (χ4n) is 3.26. The molecule has 0 aliphatic carbocycles. The molecule has 0 saturated carbocycles. The van der Waals surface area contributed by atoms with Crippen molar-refractivity contribution in [2.45, 2.75) is 22.8 Å². The highest BCUT2D eigenvalue weighted by atomic mass is 35.5. The Labute approximate surface area is 192 Å². The average molecular weight is 475 g/mol. The zero-order valence-electron chi connectivity index (χ0n) is 16.5. The van der Waals surface area contributed by atoms with Gasteiger partial charge in [0.15, 0.2) is 0 Å². The molecule has 0 saturated heterocycles. The Hall–Kier alpha value is -3.10. The molecule has 1 aliphatic heterocycles. The van der Waals surface area contributed by atoms with Gasteiger partial charge >= 0.3 is 6.09 Å². The van der Waals surface area contributed by atoms with E-state index in [-0.39, 0.29) is 12.2 Å². The molecule has 0 unspecified atom stereocenters. The van der Waals surface area contributed by atoms with Crippen molar-refractivity contribution in [3.8, 4) is 0 Å². The van der Waals surface area contributed by atoms with Gasteiger partial charge in [-0.15, -0.1) is 11.8 Å². The lowest BCUT2D eigenvalue weighted by Crippen LogP contribution is -2.46. The lowest BCUT2D eigenvalue weighted by Gasteiger charge is -2.24. The van der Waals surface area contributed by atoms with Crippen molar-refractivity contribution < 1.29 is 23.1 Å². The van der Waals surface area contributed by atoms with Gasteiger partial charge in [0.2, 0.25) is 5.91 Å². The molecule has 0 fully saturated rings. The van der Waals surface area contributed by atoms with E-state index in [0.29, 0.717) is 15.6 Å². The van der Waals surface area contributed by atoms with E-state index in [0.717, 1.165) is 35.5 Å². The highest BCUT2D eigenvalue weighted by Crippen LogP contribution is 2.45. The Morgan fingerprint density at radius 2 is 1.88 bits per heavy atom. The highest BCUT2D eigenvalue weighted by Gasteiger charge is 2.37. The van der Waals surface area contributed by atoms with Gasteiger partial charge in [-0.1, -0.05) is 41.9 Å². The van der Waals surface area contributed by atoms with Crippen molar-refractivity contribution in [2.24, 2.45) is 0 Å². The Bertz CT molecular complexity index is 1160. The molecule has 2 atom stereocenters. The van der Waals surface area contributed by atoms with Crippen LogP contribution in [0, 0.1) is 11.6 Å². The summed E-state index contributed by atoms with van der Waals surface area (Å²) in [7, 11) is 0. The first-order chi connectivity index (χ1) is 15.4. The summed E-state index contributed by atoms with van der Waals surface area (Å²) in [5.74, 6) is -1.96. The molecule has 164 valence electrons. The van der Waals surface area contributed by atoms with Crippen LogP contribution in [0.4, 0.5) is 19.3 Å². The number of hydrogen-bond donors (Lipinski definition) is 2. The summed E-state index contributed by atoms with van der Waals surface area (Å²) >= 11 is 7.15. The normalized spacial score (nSPS) is 17.7. The van der Waals surface area contributed by atoms with E-state index in [2.05, 4.69) is 10.6 Å². The number of thioether (sulfide) groups is 1. The maximum absolute atomic E-state index is 14.7. The summed E-state index contributed by atoms with van der Waals surface area (Å²) in [4.78, 5) is 26.1. The molecule has 0 radical (unpaired) electrons. The largest absolute Gasteiger partial charge is 0.445 e. The second-order valence-electron chi connectivity index (χ2n) is 7.02. The third-order valence-corrected chi connectivity index (χ3v) is 6.41. The van der Waals surface area contributed by atoms with Gasteiger partial charge in [0.25, 0.3) is 0 Å². The van der Waals surface area contributed by atoms with Crippen molar-refractivity contribution in [3.63, 3.8) is 0 Å². The molecule has 5 nitrogen and oxygen atoms in total. The Balaban J connectivity index is 1.63. The minimum absolute atomic E-state index is 0.0109. The molecule has 2 N–H and O–H groups in total. The van der Waals surface area contributed by atoms with E-state index in [1.54, 1.807) is 42.5 Å². The van der Waals surface area contributed by atoms with E-state index < -0.39 is 34.9 Å². The van der Waals surface area contributed by atoms with Gasteiger partial charge in [0, 0.05) is 15.5 Å². The maximum Gasteiger partial charge on any atom is 0.408 e. The number of nitrogens with one attached hydrogen (secondary N) is 2. The smallest absolute Gasteiger partial charge is 0.408 e. The van der Waals surface area contributed by atoms with Gasteiger partial charge in [0.05, 0.1) is 10.9 Å². The fourth-order valence-corrected chi connectivity index (χ4v) is 4.73. The van der Waals surface area contributed by atoms with Crippen LogP contribution in [0.5, 0.6) is 0 Å². The average Bonchev–Trinajstić information content (AvgIpc) is 2.91. The number of anilines is 1. The molecular formula is C23H17ClF2N2O3S. The molecule has 1 aliphatic rings. The lowest BCUT2D eigenvalue weighted by molar-refractivity contribution is -0.118. The van der Waals surface area contributed by atoms with Crippen molar-refractivity contribution in [3.05, 3.63) is 94.5 Å². The van der Waals surface area contributed by atoms with E-state index in [4.69, 9.17) is 16.3 Å². The standard InChI is InChI=1S/C23H17ClF2N2O3S/c24-14-6-9-19-18(10-14)27-22(29)20(21(32-19)16-11-15(25)7-8-17(16)26)28-23(30)31-12-13-4-2-1-3-5-13/h1-11,20-21H,12H2,(H,27,29)(H,28,30)/t20-,21+/m0/s1. The van der Waals surface area contributed by atoms with E-state index >= 15 is 0 Å². The number of carbonyl (C=O) groups excluding carboxylic acids is 2. The number of halogens is 3. The minimum atomic E-state index is -1.24. The molecule has 0 spiro atoms. The van der Waals surface area contributed by atoms with Crippen LogP contribution in [-0.4, -0.2) is 18.0 Å². The maximum atomic E-state index is 14.7. The molecule has 32 heavy (non-hydrogen) atoms. The van der Waals surface area contributed by atoms with Crippen molar-refractivity contribution in [2.75, 3.05) is 5.32 Å².